The molecule has 4 rings (SSSR count). The smallest absolute Gasteiger partial charge is 0.199 e. The number of likely N-dealkylation sites (tertiary alicyclic amines) is 1. The van der Waals surface area contributed by atoms with E-state index >= 15 is 0 Å². The number of nitrogens with zero attached hydrogens (tertiary/aromatic N) is 4. The Labute approximate surface area is 135 Å². The zero-order chi connectivity index (χ0) is 15.6. The Hall–Kier alpha value is -2.27. The van der Waals surface area contributed by atoms with Gasteiger partial charge in [-0.3, -0.25) is 10.00 Å². The maximum atomic E-state index is 4.46. The first-order valence-electron chi connectivity index (χ1n) is 8.23. The number of H-pyrrole nitrogens is 1. The fourth-order valence-electron chi connectivity index (χ4n) is 3.52. The van der Waals surface area contributed by atoms with Crippen molar-refractivity contribution in [2.24, 2.45) is 0 Å². The van der Waals surface area contributed by atoms with E-state index < -0.39 is 0 Å². The van der Waals surface area contributed by atoms with Gasteiger partial charge in [-0.05, 0) is 37.4 Å². The third kappa shape index (κ3) is 2.84. The van der Waals surface area contributed by atoms with Crippen LogP contribution in [0.25, 0.3) is 11.2 Å². The van der Waals surface area contributed by atoms with Gasteiger partial charge in [0.15, 0.2) is 5.65 Å². The lowest BCUT2D eigenvalue weighted by Crippen LogP contribution is -2.34. The molecule has 1 saturated heterocycles. The monoisotopic (exact) mass is 307 g/mol. The molecule has 0 saturated carbocycles. The summed E-state index contributed by atoms with van der Waals surface area (Å²) in [6, 6.07) is 8.65. The molecule has 5 nitrogen and oxygen atoms in total. The molecule has 1 fully saturated rings. The fourth-order valence-corrected chi connectivity index (χ4v) is 3.52. The SMILES string of the molecule is Cc1ccccc1CN1CCC[C@H](c2[nH]nc3nccnc23)C1. The molecule has 0 bridgehead atoms. The van der Waals surface area contributed by atoms with Crippen LogP contribution in [0.1, 0.15) is 35.6 Å². The molecule has 0 aliphatic carbocycles. The summed E-state index contributed by atoms with van der Waals surface area (Å²) in [5, 5.41) is 7.48. The molecule has 1 aliphatic rings. The van der Waals surface area contributed by atoms with Crippen molar-refractivity contribution in [2.45, 2.75) is 32.2 Å². The Balaban J connectivity index is 1.54. The lowest BCUT2D eigenvalue weighted by molar-refractivity contribution is 0.198. The second-order valence-electron chi connectivity index (χ2n) is 6.37. The highest BCUT2D eigenvalue weighted by molar-refractivity contribution is 5.72. The summed E-state index contributed by atoms with van der Waals surface area (Å²) in [7, 11) is 0. The van der Waals surface area contributed by atoms with Crippen LogP contribution in [0, 0.1) is 6.92 Å². The number of fused-ring (bicyclic) bond motifs is 1. The van der Waals surface area contributed by atoms with Crippen LogP contribution >= 0.6 is 0 Å². The van der Waals surface area contributed by atoms with Crippen molar-refractivity contribution in [3.63, 3.8) is 0 Å². The van der Waals surface area contributed by atoms with Crippen LogP contribution in [0.15, 0.2) is 36.7 Å². The number of aromatic nitrogens is 4. The lowest BCUT2D eigenvalue weighted by atomic mass is 9.93. The molecule has 0 spiro atoms. The fraction of sp³-hybridized carbons (Fsp3) is 0.389. The van der Waals surface area contributed by atoms with Gasteiger partial charge in [0.2, 0.25) is 0 Å². The molecule has 1 atom stereocenters. The predicted octanol–water partition coefficient (Wildman–Crippen LogP) is 3.04. The molecule has 0 unspecified atom stereocenters. The lowest BCUT2D eigenvalue weighted by Gasteiger charge is -2.32. The zero-order valence-corrected chi connectivity index (χ0v) is 13.4. The van der Waals surface area contributed by atoms with Crippen LogP contribution in [0.3, 0.4) is 0 Å². The van der Waals surface area contributed by atoms with Crippen LogP contribution in [0.5, 0.6) is 0 Å². The highest BCUT2D eigenvalue weighted by Gasteiger charge is 2.25. The quantitative estimate of drug-likeness (QED) is 0.808. The van der Waals surface area contributed by atoms with Crippen LogP contribution in [0.2, 0.25) is 0 Å². The van der Waals surface area contributed by atoms with Crippen LogP contribution in [-0.4, -0.2) is 38.2 Å². The Morgan fingerprint density at radius 1 is 1.22 bits per heavy atom. The van der Waals surface area contributed by atoms with Gasteiger partial charge in [-0.1, -0.05) is 24.3 Å². The molecular weight excluding hydrogens is 286 g/mol. The van der Waals surface area contributed by atoms with Crippen molar-refractivity contribution in [3.05, 3.63) is 53.5 Å². The molecule has 23 heavy (non-hydrogen) atoms. The van der Waals surface area contributed by atoms with Gasteiger partial charge in [0.05, 0.1) is 5.69 Å². The summed E-state index contributed by atoms with van der Waals surface area (Å²) in [6.07, 6.45) is 5.82. The minimum Gasteiger partial charge on any atom is -0.298 e. The average molecular weight is 307 g/mol. The topological polar surface area (TPSA) is 57.7 Å². The minimum atomic E-state index is 0.453. The summed E-state index contributed by atoms with van der Waals surface area (Å²) in [5.41, 5.74) is 5.58. The van der Waals surface area contributed by atoms with Gasteiger partial charge < -0.3 is 0 Å². The van der Waals surface area contributed by atoms with Gasteiger partial charge in [-0.25, -0.2) is 9.97 Å². The number of piperidine rings is 1. The normalized spacial score (nSPS) is 19.3. The van der Waals surface area contributed by atoms with E-state index in [1.165, 1.54) is 24.0 Å². The third-order valence-electron chi connectivity index (χ3n) is 4.79. The van der Waals surface area contributed by atoms with Gasteiger partial charge in [0, 0.05) is 31.4 Å². The Kier molecular flexibility index (Phi) is 3.79. The van der Waals surface area contributed by atoms with Gasteiger partial charge in [0.1, 0.15) is 5.52 Å². The number of nitrogens with one attached hydrogen (secondary N) is 1. The summed E-state index contributed by atoms with van der Waals surface area (Å²) in [6.45, 7) is 5.40. The van der Waals surface area contributed by atoms with Crippen LogP contribution in [-0.2, 0) is 6.54 Å². The first-order valence-corrected chi connectivity index (χ1v) is 8.23. The summed E-state index contributed by atoms with van der Waals surface area (Å²) >= 11 is 0. The summed E-state index contributed by atoms with van der Waals surface area (Å²) in [5.74, 6) is 0.453. The molecule has 2 aromatic heterocycles. The van der Waals surface area contributed by atoms with E-state index in [9.17, 15) is 0 Å². The van der Waals surface area contributed by atoms with E-state index in [0.29, 0.717) is 5.92 Å². The minimum absolute atomic E-state index is 0.453. The molecule has 0 amide bonds. The van der Waals surface area contributed by atoms with Gasteiger partial charge in [0.25, 0.3) is 0 Å². The van der Waals surface area contributed by atoms with Gasteiger partial charge >= 0.3 is 0 Å². The van der Waals surface area contributed by atoms with Crippen molar-refractivity contribution in [3.8, 4) is 0 Å². The number of hydrogen-bond donors (Lipinski definition) is 1. The number of benzene rings is 1. The second kappa shape index (κ2) is 6.08. The van der Waals surface area contributed by atoms with E-state index in [4.69, 9.17) is 0 Å². The number of rotatable bonds is 3. The Morgan fingerprint density at radius 3 is 3.00 bits per heavy atom. The van der Waals surface area contributed by atoms with Gasteiger partial charge in [-0.2, -0.15) is 5.10 Å². The van der Waals surface area contributed by atoms with E-state index in [2.05, 4.69) is 56.3 Å². The van der Waals surface area contributed by atoms with Crippen molar-refractivity contribution in [1.29, 1.82) is 0 Å². The van der Waals surface area contributed by atoms with Crippen molar-refractivity contribution >= 4 is 11.2 Å². The average Bonchev–Trinajstić information content (AvgIpc) is 3.01. The summed E-state index contributed by atoms with van der Waals surface area (Å²) in [4.78, 5) is 11.3. The van der Waals surface area contributed by atoms with Crippen molar-refractivity contribution < 1.29 is 0 Å². The van der Waals surface area contributed by atoms with Crippen LogP contribution < -0.4 is 0 Å². The van der Waals surface area contributed by atoms with Crippen molar-refractivity contribution in [1.82, 2.24) is 25.1 Å². The van der Waals surface area contributed by atoms with Gasteiger partial charge in [-0.15, -0.1) is 0 Å². The first kappa shape index (κ1) is 14.3. The zero-order valence-electron chi connectivity index (χ0n) is 13.4. The maximum absolute atomic E-state index is 4.46. The van der Waals surface area contributed by atoms with E-state index in [0.717, 1.165) is 36.5 Å². The highest BCUT2D eigenvalue weighted by Crippen LogP contribution is 2.29. The van der Waals surface area contributed by atoms with E-state index in [1.54, 1.807) is 12.4 Å². The first-order chi connectivity index (χ1) is 11.3. The molecule has 1 N–H and O–H groups in total. The summed E-state index contributed by atoms with van der Waals surface area (Å²) < 4.78 is 0. The molecule has 1 aliphatic heterocycles. The molecule has 5 heteroatoms. The van der Waals surface area contributed by atoms with E-state index in [-0.39, 0.29) is 0 Å². The van der Waals surface area contributed by atoms with Crippen LogP contribution in [0.4, 0.5) is 0 Å². The standard InChI is InChI=1S/C18H21N5/c1-13-5-2-3-6-14(13)11-23-10-4-7-15(12-23)16-17-18(22-21-16)20-9-8-19-17/h2-3,5-6,8-9,15H,4,7,10-12H2,1H3,(H,20,21,22)/t15-/m0/s1. The number of aromatic amines is 1. The Bertz CT molecular complexity index is 810. The maximum Gasteiger partial charge on any atom is 0.199 e. The molecule has 3 aromatic rings. The highest BCUT2D eigenvalue weighted by atomic mass is 15.2. The molecule has 1 aromatic carbocycles. The molecule has 0 radical (unpaired) electrons. The Morgan fingerprint density at radius 2 is 2.09 bits per heavy atom. The third-order valence-corrected chi connectivity index (χ3v) is 4.79. The largest absolute Gasteiger partial charge is 0.298 e. The molecule has 3 heterocycles. The molecular formula is C18H21N5. The number of hydrogen-bond acceptors (Lipinski definition) is 4. The van der Waals surface area contributed by atoms with E-state index in [1.807, 2.05) is 0 Å². The predicted molar refractivity (Wildman–Crippen MR) is 90.1 cm³/mol. The second-order valence-corrected chi connectivity index (χ2v) is 6.37. The van der Waals surface area contributed by atoms with Crippen molar-refractivity contribution in [2.75, 3.05) is 13.1 Å². The molecule has 118 valence electrons. The number of aryl methyl sites for hydroxylation is 1.